The highest BCUT2D eigenvalue weighted by Gasteiger charge is 2.28. The monoisotopic (exact) mass is 508 g/mol. The average Bonchev–Trinajstić information content (AvgIpc) is 2.92. The van der Waals surface area contributed by atoms with Crippen LogP contribution in [0.4, 0.5) is 5.69 Å². The molecule has 3 aromatic rings. The number of piperidine rings is 1. The van der Waals surface area contributed by atoms with Crippen molar-refractivity contribution in [1.82, 2.24) is 16.0 Å². The molecule has 0 bridgehead atoms. The molecule has 0 saturated carbocycles. The number of benzene rings is 3. The summed E-state index contributed by atoms with van der Waals surface area (Å²) in [7, 11) is -4.13. The number of carbonyl (C=O) groups excluding carboxylic acids is 2. The van der Waals surface area contributed by atoms with Crippen molar-refractivity contribution in [2.45, 2.75) is 23.8 Å². The molecule has 1 heterocycles. The van der Waals surface area contributed by atoms with Gasteiger partial charge in [0.15, 0.2) is 5.75 Å². The van der Waals surface area contributed by atoms with E-state index < -0.39 is 15.9 Å². The van der Waals surface area contributed by atoms with Crippen LogP contribution in [0.15, 0.2) is 89.8 Å². The number of hydrogen-bond acceptors (Lipinski definition) is 6. The number of anilines is 1. The summed E-state index contributed by atoms with van der Waals surface area (Å²) in [6, 6.07) is 22.6. The van der Waals surface area contributed by atoms with Crippen LogP contribution in [0, 0.1) is 0 Å². The van der Waals surface area contributed by atoms with E-state index in [9.17, 15) is 18.0 Å². The standard InChI is InChI=1S/C26H28N4O5S/c31-25(29-21-15-17-27-18-16-21)19-28-26(32)20-11-13-24(14-12-20)36(33,34)30(22-7-3-1-4-8-22)35-23-9-5-2-6-10-23/h1-14,21,27H,15-19H2,(H,28,32)(H,29,31). The number of carbonyl (C=O) groups is 2. The molecule has 4 rings (SSSR count). The van der Waals surface area contributed by atoms with Crippen molar-refractivity contribution in [3.05, 3.63) is 90.5 Å². The molecule has 1 aliphatic rings. The Labute approximate surface area is 210 Å². The molecule has 0 aromatic heterocycles. The van der Waals surface area contributed by atoms with E-state index in [0.29, 0.717) is 11.4 Å². The summed E-state index contributed by atoms with van der Waals surface area (Å²) in [6.07, 6.45) is 1.70. The van der Waals surface area contributed by atoms with Crippen molar-refractivity contribution in [3.63, 3.8) is 0 Å². The molecule has 3 N–H and O–H groups in total. The molecule has 0 unspecified atom stereocenters. The molecule has 188 valence electrons. The Kier molecular flexibility index (Phi) is 8.19. The van der Waals surface area contributed by atoms with Crippen LogP contribution in [-0.2, 0) is 14.8 Å². The maximum absolute atomic E-state index is 13.5. The average molecular weight is 509 g/mol. The van der Waals surface area contributed by atoms with Gasteiger partial charge in [0.2, 0.25) is 5.91 Å². The minimum Gasteiger partial charge on any atom is -0.364 e. The van der Waals surface area contributed by atoms with E-state index in [1.54, 1.807) is 60.7 Å². The summed E-state index contributed by atoms with van der Waals surface area (Å²) in [6.45, 7) is 1.55. The van der Waals surface area contributed by atoms with Gasteiger partial charge in [-0.2, -0.15) is 8.42 Å². The Morgan fingerprint density at radius 3 is 2.14 bits per heavy atom. The van der Waals surface area contributed by atoms with Crippen LogP contribution >= 0.6 is 0 Å². The maximum atomic E-state index is 13.5. The van der Waals surface area contributed by atoms with Crippen LogP contribution in [0.3, 0.4) is 0 Å². The number of amides is 2. The number of sulfonamides is 1. The van der Waals surface area contributed by atoms with Gasteiger partial charge < -0.3 is 20.8 Å². The van der Waals surface area contributed by atoms with E-state index in [-0.39, 0.29) is 29.0 Å². The first-order valence-corrected chi connectivity index (χ1v) is 13.1. The number of rotatable bonds is 9. The minimum absolute atomic E-state index is 0.0533. The predicted octanol–water partition coefficient (Wildman–Crippen LogP) is 2.47. The molecule has 36 heavy (non-hydrogen) atoms. The normalized spacial score (nSPS) is 14.0. The molecule has 0 radical (unpaired) electrons. The maximum Gasteiger partial charge on any atom is 0.295 e. The molecule has 2 amide bonds. The molecule has 9 nitrogen and oxygen atoms in total. The molecule has 3 aromatic carbocycles. The van der Waals surface area contributed by atoms with Gasteiger partial charge >= 0.3 is 0 Å². The van der Waals surface area contributed by atoms with Gasteiger partial charge in [-0.25, -0.2) is 0 Å². The van der Waals surface area contributed by atoms with Gasteiger partial charge in [-0.3, -0.25) is 9.59 Å². The molecule has 1 fully saturated rings. The van der Waals surface area contributed by atoms with E-state index in [2.05, 4.69) is 16.0 Å². The Bertz CT molecular complexity index is 1260. The first-order valence-electron chi connectivity index (χ1n) is 11.7. The van der Waals surface area contributed by atoms with Crippen LogP contribution in [0.5, 0.6) is 5.75 Å². The molecular weight excluding hydrogens is 480 g/mol. The second-order valence-corrected chi connectivity index (χ2v) is 10.0. The van der Waals surface area contributed by atoms with E-state index in [0.717, 1.165) is 30.4 Å². The molecule has 0 aliphatic carbocycles. The summed E-state index contributed by atoms with van der Waals surface area (Å²) in [4.78, 5) is 30.3. The predicted molar refractivity (Wildman–Crippen MR) is 136 cm³/mol. The van der Waals surface area contributed by atoms with Crippen molar-refractivity contribution in [2.75, 3.05) is 24.1 Å². The molecular formula is C26H28N4O5S. The SMILES string of the molecule is O=C(CNC(=O)c1ccc(S(=O)(=O)N(Oc2ccccc2)c2ccccc2)cc1)NC1CCNCC1. The molecule has 0 atom stereocenters. The lowest BCUT2D eigenvalue weighted by molar-refractivity contribution is -0.121. The first-order chi connectivity index (χ1) is 17.4. The summed E-state index contributed by atoms with van der Waals surface area (Å²) >= 11 is 0. The third kappa shape index (κ3) is 6.41. The fourth-order valence-corrected chi connectivity index (χ4v) is 5.00. The third-order valence-electron chi connectivity index (χ3n) is 5.64. The Hall–Kier alpha value is -3.89. The van der Waals surface area contributed by atoms with Crippen molar-refractivity contribution in [2.24, 2.45) is 0 Å². The van der Waals surface area contributed by atoms with Gasteiger partial charge in [-0.1, -0.05) is 40.9 Å². The lowest BCUT2D eigenvalue weighted by atomic mass is 10.1. The van der Waals surface area contributed by atoms with Gasteiger partial charge in [0.1, 0.15) is 0 Å². The molecule has 10 heteroatoms. The van der Waals surface area contributed by atoms with Gasteiger partial charge in [0, 0.05) is 11.6 Å². The molecule has 1 aliphatic heterocycles. The van der Waals surface area contributed by atoms with Crippen LogP contribution in [0.2, 0.25) is 0 Å². The van der Waals surface area contributed by atoms with Crippen molar-refractivity contribution in [3.8, 4) is 5.75 Å². The quantitative estimate of drug-likeness (QED) is 0.383. The zero-order valence-corrected chi connectivity index (χ0v) is 20.4. The minimum atomic E-state index is -4.13. The van der Waals surface area contributed by atoms with Gasteiger partial charge in [-0.15, -0.1) is 0 Å². The molecule has 0 spiro atoms. The van der Waals surface area contributed by atoms with Gasteiger partial charge in [-0.05, 0) is 74.5 Å². The van der Waals surface area contributed by atoms with Crippen LogP contribution in [0.1, 0.15) is 23.2 Å². The Morgan fingerprint density at radius 1 is 0.889 bits per heavy atom. The number of para-hydroxylation sites is 2. The fourth-order valence-electron chi connectivity index (χ4n) is 3.75. The third-order valence-corrected chi connectivity index (χ3v) is 7.23. The van der Waals surface area contributed by atoms with Gasteiger partial charge in [0.25, 0.3) is 15.9 Å². The number of nitrogens with zero attached hydrogens (tertiary/aromatic N) is 1. The summed E-state index contributed by atoms with van der Waals surface area (Å²) in [5.41, 5.74) is 0.557. The fraction of sp³-hybridized carbons (Fsp3) is 0.231. The van der Waals surface area contributed by atoms with Crippen molar-refractivity contribution >= 4 is 27.5 Å². The van der Waals surface area contributed by atoms with Crippen LogP contribution in [0.25, 0.3) is 0 Å². The summed E-state index contributed by atoms with van der Waals surface area (Å²) in [5.74, 6) is -0.380. The topological polar surface area (TPSA) is 117 Å². The summed E-state index contributed by atoms with van der Waals surface area (Å²) in [5, 5.41) is 8.72. The Balaban J connectivity index is 1.44. The summed E-state index contributed by atoms with van der Waals surface area (Å²) < 4.78 is 27.8. The molecule has 1 saturated heterocycles. The van der Waals surface area contributed by atoms with E-state index in [4.69, 9.17) is 4.84 Å². The highest BCUT2D eigenvalue weighted by molar-refractivity contribution is 7.92. The second kappa shape index (κ2) is 11.7. The number of hydrogen-bond donors (Lipinski definition) is 3. The largest absolute Gasteiger partial charge is 0.364 e. The van der Waals surface area contributed by atoms with E-state index in [1.807, 2.05) is 0 Å². The smallest absolute Gasteiger partial charge is 0.295 e. The van der Waals surface area contributed by atoms with Crippen LogP contribution in [-0.4, -0.2) is 45.9 Å². The van der Waals surface area contributed by atoms with E-state index in [1.165, 1.54) is 24.3 Å². The lowest BCUT2D eigenvalue weighted by Crippen LogP contribution is -2.46. The van der Waals surface area contributed by atoms with E-state index >= 15 is 0 Å². The Morgan fingerprint density at radius 2 is 1.50 bits per heavy atom. The highest BCUT2D eigenvalue weighted by atomic mass is 32.2. The highest BCUT2D eigenvalue weighted by Crippen LogP contribution is 2.26. The van der Waals surface area contributed by atoms with Crippen LogP contribution < -0.4 is 25.3 Å². The van der Waals surface area contributed by atoms with Gasteiger partial charge in [0.05, 0.1) is 17.1 Å². The zero-order valence-electron chi connectivity index (χ0n) is 19.6. The van der Waals surface area contributed by atoms with Crippen molar-refractivity contribution in [1.29, 1.82) is 0 Å². The second-order valence-electron chi connectivity index (χ2n) is 8.27. The lowest BCUT2D eigenvalue weighted by Gasteiger charge is -2.24. The first kappa shape index (κ1) is 25.2. The van der Waals surface area contributed by atoms with Crippen molar-refractivity contribution < 1.29 is 22.8 Å². The zero-order chi connectivity index (χ0) is 25.4. The number of nitrogens with one attached hydrogen (secondary N) is 3.